The molecule has 0 saturated heterocycles. The van der Waals surface area contributed by atoms with Crippen molar-refractivity contribution in [2.24, 2.45) is 0 Å². The molecule has 1 aliphatic carbocycles. The van der Waals surface area contributed by atoms with Crippen molar-refractivity contribution in [2.75, 3.05) is 5.73 Å². The molecule has 0 fully saturated rings. The van der Waals surface area contributed by atoms with E-state index in [-0.39, 0.29) is 0 Å². The highest BCUT2D eigenvalue weighted by Crippen LogP contribution is 2.38. The normalized spacial score (nSPS) is 17.6. The fraction of sp³-hybridized carbons (Fsp3) is 0.211. The van der Waals surface area contributed by atoms with Gasteiger partial charge in [-0.05, 0) is 30.9 Å². The van der Waals surface area contributed by atoms with E-state index in [1.54, 1.807) is 0 Å². The van der Waals surface area contributed by atoms with Crippen molar-refractivity contribution in [3.63, 3.8) is 0 Å². The summed E-state index contributed by atoms with van der Waals surface area (Å²) in [6.45, 7) is 0. The second-order valence-corrected chi connectivity index (χ2v) is 5.83. The summed E-state index contributed by atoms with van der Waals surface area (Å²) in [5.41, 5.74) is 12.6. The first-order valence-corrected chi connectivity index (χ1v) is 7.62. The topological polar surface area (TPSA) is 40.2 Å². The maximum atomic E-state index is 6.46. The minimum Gasteiger partial charge on any atom is -0.398 e. The Morgan fingerprint density at radius 1 is 0.952 bits per heavy atom. The summed E-state index contributed by atoms with van der Waals surface area (Å²) in [6.07, 6.45) is 3.46. The monoisotopic (exact) mass is 275 g/mol. The van der Waals surface area contributed by atoms with E-state index in [1.165, 1.54) is 29.7 Å². The lowest BCUT2D eigenvalue weighted by molar-refractivity contribution is -0.361. The fourth-order valence-electron chi connectivity index (χ4n) is 3.57. The zero-order valence-electron chi connectivity index (χ0n) is 12.0. The minimum atomic E-state index is 0.432. The second kappa shape index (κ2) is 4.88. The molecule has 3 N–H and O–H groups in total. The molecule has 1 aromatic heterocycles. The molecule has 4 rings (SSSR count). The molecule has 0 saturated carbocycles. The van der Waals surface area contributed by atoms with Crippen molar-refractivity contribution >= 4 is 16.6 Å². The Labute approximate surface area is 124 Å². The van der Waals surface area contributed by atoms with E-state index in [0.717, 1.165) is 23.0 Å². The van der Waals surface area contributed by atoms with Crippen molar-refractivity contribution < 1.29 is 4.98 Å². The zero-order valence-corrected chi connectivity index (χ0v) is 12.0. The van der Waals surface area contributed by atoms with Gasteiger partial charge in [0.25, 0.3) is 0 Å². The molecule has 2 nitrogen and oxygen atoms in total. The molecule has 0 unspecified atom stereocenters. The maximum Gasteiger partial charge on any atom is 0.213 e. The molecular formula is C19H19N2+. The standard InChI is InChI=1S/C19H18N2/c20-18-15-9-4-5-12-17(15)21-19-14(10-6-11-16(18)19)13-7-2-1-3-8-13/h1-5,7-9,12,14H,6,10-11H2,(H2,20,21)/p+1/t14-/m1/s1. The van der Waals surface area contributed by atoms with E-state index < -0.39 is 0 Å². The summed E-state index contributed by atoms with van der Waals surface area (Å²) in [4.78, 5) is 3.66. The van der Waals surface area contributed by atoms with Crippen LogP contribution >= 0.6 is 0 Å². The van der Waals surface area contributed by atoms with E-state index in [9.17, 15) is 0 Å². The second-order valence-electron chi connectivity index (χ2n) is 5.83. The van der Waals surface area contributed by atoms with Gasteiger partial charge in [0.15, 0.2) is 5.69 Å². The van der Waals surface area contributed by atoms with E-state index in [4.69, 9.17) is 5.73 Å². The van der Waals surface area contributed by atoms with Crippen LogP contribution in [0.3, 0.4) is 0 Å². The maximum absolute atomic E-state index is 6.46. The first kappa shape index (κ1) is 12.4. The Bertz CT molecular complexity index is 793. The number of hydrogen-bond donors (Lipinski definition) is 1. The fourth-order valence-corrected chi connectivity index (χ4v) is 3.57. The smallest absolute Gasteiger partial charge is 0.213 e. The summed E-state index contributed by atoms with van der Waals surface area (Å²) in [5, 5.41) is 1.14. The number of hydrogen-bond acceptors (Lipinski definition) is 1. The Morgan fingerprint density at radius 2 is 1.71 bits per heavy atom. The van der Waals surface area contributed by atoms with Crippen molar-refractivity contribution in [3.05, 3.63) is 71.4 Å². The molecule has 0 radical (unpaired) electrons. The molecule has 0 spiro atoms. The Hall–Kier alpha value is -2.35. The SMILES string of the molecule is Nc1c2c([nH+]c3ccccc13)[C@@H](c1ccccc1)CCC2. The van der Waals surface area contributed by atoms with Crippen LogP contribution in [-0.4, -0.2) is 0 Å². The first-order valence-electron chi connectivity index (χ1n) is 7.62. The Kier molecular flexibility index (Phi) is 2.88. The number of nitrogens with two attached hydrogens (primary N) is 1. The number of rotatable bonds is 1. The van der Waals surface area contributed by atoms with Crippen LogP contribution in [0, 0.1) is 0 Å². The lowest BCUT2D eigenvalue weighted by atomic mass is 9.81. The number of aromatic amines is 1. The third-order valence-corrected chi connectivity index (χ3v) is 4.61. The predicted molar refractivity (Wildman–Crippen MR) is 86.1 cm³/mol. The van der Waals surface area contributed by atoms with Gasteiger partial charge in [0.05, 0.1) is 17.0 Å². The lowest BCUT2D eigenvalue weighted by Gasteiger charge is -2.22. The molecule has 2 heteroatoms. The van der Waals surface area contributed by atoms with Crippen molar-refractivity contribution in [2.45, 2.75) is 25.2 Å². The van der Waals surface area contributed by atoms with Crippen LogP contribution in [0.5, 0.6) is 0 Å². The van der Waals surface area contributed by atoms with Crippen LogP contribution in [-0.2, 0) is 6.42 Å². The third kappa shape index (κ3) is 1.99. The Morgan fingerprint density at radius 3 is 2.57 bits per heavy atom. The molecule has 1 heterocycles. The molecule has 3 aromatic rings. The molecule has 21 heavy (non-hydrogen) atoms. The van der Waals surface area contributed by atoms with E-state index in [1.807, 2.05) is 0 Å². The van der Waals surface area contributed by atoms with Gasteiger partial charge in [0.1, 0.15) is 0 Å². The van der Waals surface area contributed by atoms with E-state index in [2.05, 4.69) is 59.6 Å². The summed E-state index contributed by atoms with van der Waals surface area (Å²) in [5.74, 6) is 0.432. The van der Waals surface area contributed by atoms with Crippen molar-refractivity contribution in [3.8, 4) is 0 Å². The number of H-pyrrole nitrogens is 1. The van der Waals surface area contributed by atoms with E-state index in [0.29, 0.717) is 5.92 Å². The average Bonchev–Trinajstić information content (AvgIpc) is 2.56. The van der Waals surface area contributed by atoms with Gasteiger partial charge in [0, 0.05) is 11.6 Å². The van der Waals surface area contributed by atoms with Crippen molar-refractivity contribution in [1.82, 2.24) is 0 Å². The number of benzene rings is 2. The summed E-state index contributed by atoms with van der Waals surface area (Å²) in [6, 6.07) is 19.1. The van der Waals surface area contributed by atoms with Gasteiger partial charge in [-0.1, -0.05) is 42.5 Å². The summed E-state index contributed by atoms with van der Waals surface area (Å²) < 4.78 is 0. The first-order chi connectivity index (χ1) is 10.3. The van der Waals surface area contributed by atoms with Crippen LogP contribution in [0.25, 0.3) is 10.9 Å². The number of fused-ring (bicyclic) bond motifs is 2. The Balaban J connectivity index is 1.95. The van der Waals surface area contributed by atoms with Crippen LogP contribution in [0.2, 0.25) is 0 Å². The molecule has 0 bridgehead atoms. The molecule has 0 aliphatic heterocycles. The molecule has 104 valence electrons. The summed E-state index contributed by atoms with van der Waals surface area (Å²) >= 11 is 0. The number of nitrogen functional groups attached to an aromatic ring is 1. The quantitative estimate of drug-likeness (QED) is 0.722. The largest absolute Gasteiger partial charge is 0.398 e. The predicted octanol–water partition coefficient (Wildman–Crippen LogP) is 3.70. The van der Waals surface area contributed by atoms with Gasteiger partial charge < -0.3 is 5.73 Å². The van der Waals surface area contributed by atoms with Gasteiger partial charge in [-0.25, -0.2) is 4.98 Å². The minimum absolute atomic E-state index is 0.432. The van der Waals surface area contributed by atoms with Crippen LogP contribution in [0.4, 0.5) is 5.69 Å². The lowest BCUT2D eigenvalue weighted by Crippen LogP contribution is -2.25. The molecule has 2 aromatic carbocycles. The number of anilines is 1. The highest BCUT2D eigenvalue weighted by Gasteiger charge is 2.30. The molecule has 1 aliphatic rings. The van der Waals surface area contributed by atoms with Gasteiger partial charge in [-0.2, -0.15) is 0 Å². The van der Waals surface area contributed by atoms with Gasteiger partial charge in [-0.15, -0.1) is 0 Å². The third-order valence-electron chi connectivity index (χ3n) is 4.61. The van der Waals surface area contributed by atoms with Crippen molar-refractivity contribution in [1.29, 1.82) is 0 Å². The number of pyridine rings is 1. The van der Waals surface area contributed by atoms with Crippen LogP contribution in [0.15, 0.2) is 54.6 Å². The molecule has 0 amide bonds. The summed E-state index contributed by atoms with van der Waals surface area (Å²) in [7, 11) is 0. The molecule has 1 atom stereocenters. The van der Waals surface area contributed by atoms with Gasteiger partial charge in [0.2, 0.25) is 5.52 Å². The molecular weight excluding hydrogens is 256 g/mol. The van der Waals surface area contributed by atoms with Crippen LogP contribution in [0.1, 0.15) is 35.6 Å². The number of nitrogens with one attached hydrogen (secondary N) is 1. The zero-order chi connectivity index (χ0) is 14.2. The average molecular weight is 275 g/mol. The highest BCUT2D eigenvalue weighted by molar-refractivity contribution is 5.89. The number of para-hydroxylation sites is 1. The van der Waals surface area contributed by atoms with E-state index >= 15 is 0 Å². The van der Waals surface area contributed by atoms with Crippen LogP contribution < -0.4 is 10.7 Å². The number of aromatic nitrogens is 1. The highest BCUT2D eigenvalue weighted by atomic mass is 14.8. The van der Waals surface area contributed by atoms with Gasteiger partial charge >= 0.3 is 0 Å². The van der Waals surface area contributed by atoms with Gasteiger partial charge in [-0.3, -0.25) is 0 Å².